The first-order valence-corrected chi connectivity index (χ1v) is 7.30. The van der Waals surface area contributed by atoms with Crippen molar-refractivity contribution in [2.24, 2.45) is 0 Å². The molecule has 0 radical (unpaired) electrons. The molecule has 1 N–H and O–H groups in total. The Morgan fingerprint density at radius 3 is 2.67 bits per heavy atom. The summed E-state index contributed by atoms with van der Waals surface area (Å²) in [5.74, 6) is -0.474. The standard InChI is InChI=1S/C14H16N4O2S/c1-3-11-13(21-17-16-11)14(20)18(2)9-12(19)15-10-7-5-4-6-8-10/h4-8H,3,9H2,1-2H3,(H,15,19). The molecule has 0 unspecified atom stereocenters. The number of aryl methyl sites for hydroxylation is 1. The van der Waals surface area contributed by atoms with E-state index in [1.807, 2.05) is 25.1 Å². The molecule has 1 heterocycles. The van der Waals surface area contributed by atoms with E-state index in [0.717, 1.165) is 11.5 Å². The van der Waals surface area contributed by atoms with Crippen LogP contribution in [0.1, 0.15) is 22.3 Å². The lowest BCUT2D eigenvalue weighted by molar-refractivity contribution is -0.116. The number of aromatic nitrogens is 2. The van der Waals surface area contributed by atoms with Gasteiger partial charge in [0.2, 0.25) is 5.91 Å². The number of hydrogen-bond donors (Lipinski definition) is 1. The zero-order valence-electron chi connectivity index (χ0n) is 11.9. The first-order chi connectivity index (χ1) is 10.1. The fraction of sp³-hybridized carbons (Fsp3) is 0.286. The Bertz CT molecular complexity index is 627. The second-order valence-corrected chi connectivity index (χ2v) is 5.23. The summed E-state index contributed by atoms with van der Waals surface area (Å²) in [6.45, 7) is 1.89. The monoisotopic (exact) mass is 304 g/mol. The molecule has 2 amide bonds. The number of rotatable bonds is 5. The molecule has 2 aromatic rings. The molecule has 0 fully saturated rings. The number of para-hydroxylation sites is 1. The van der Waals surface area contributed by atoms with E-state index in [9.17, 15) is 9.59 Å². The molecular formula is C14H16N4O2S. The van der Waals surface area contributed by atoms with Gasteiger partial charge in [-0.2, -0.15) is 0 Å². The summed E-state index contributed by atoms with van der Waals surface area (Å²) in [6, 6.07) is 9.13. The number of benzene rings is 1. The Labute approximate surface area is 127 Å². The van der Waals surface area contributed by atoms with Gasteiger partial charge in [-0.05, 0) is 30.1 Å². The van der Waals surface area contributed by atoms with Gasteiger partial charge in [-0.25, -0.2) is 0 Å². The topological polar surface area (TPSA) is 75.2 Å². The van der Waals surface area contributed by atoms with Crippen molar-refractivity contribution in [3.8, 4) is 0 Å². The van der Waals surface area contributed by atoms with Crippen molar-refractivity contribution in [1.82, 2.24) is 14.5 Å². The molecule has 0 atom stereocenters. The Balaban J connectivity index is 1.96. The molecular weight excluding hydrogens is 288 g/mol. The maximum absolute atomic E-state index is 12.2. The Kier molecular flexibility index (Phi) is 4.99. The number of carbonyl (C=O) groups is 2. The molecule has 110 valence electrons. The third-order valence-corrected chi connectivity index (χ3v) is 3.63. The van der Waals surface area contributed by atoms with Crippen molar-refractivity contribution in [2.45, 2.75) is 13.3 Å². The highest BCUT2D eigenvalue weighted by atomic mass is 32.1. The molecule has 0 bridgehead atoms. The highest BCUT2D eigenvalue weighted by Crippen LogP contribution is 2.13. The van der Waals surface area contributed by atoms with Crippen molar-refractivity contribution in [2.75, 3.05) is 18.9 Å². The van der Waals surface area contributed by atoms with Crippen molar-refractivity contribution >= 4 is 29.0 Å². The summed E-state index contributed by atoms with van der Waals surface area (Å²) in [5.41, 5.74) is 1.37. The first kappa shape index (κ1) is 15.1. The van der Waals surface area contributed by atoms with Gasteiger partial charge in [0.25, 0.3) is 5.91 Å². The van der Waals surface area contributed by atoms with Gasteiger partial charge in [-0.15, -0.1) is 5.10 Å². The fourth-order valence-corrected chi connectivity index (χ4v) is 2.53. The van der Waals surface area contributed by atoms with Crippen LogP contribution in [0.15, 0.2) is 30.3 Å². The summed E-state index contributed by atoms with van der Waals surface area (Å²) in [5, 5.41) is 6.65. The van der Waals surface area contributed by atoms with Gasteiger partial charge in [0.1, 0.15) is 4.88 Å². The van der Waals surface area contributed by atoms with Crippen molar-refractivity contribution in [3.63, 3.8) is 0 Å². The van der Waals surface area contributed by atoms with Crippen molar-refractivity contribution in [3.05, 3.63) is 40.9 Å². The van der Waals surface area contributed by atoms with Crippen molar-refractivity contribution in [1.29, 1.82) is 0 Å². The fourth-order valence-electron chi connectivity index (χ4n) is 1.78. The molecule has 1 aromatic carbocycles. The molecule has 0 saturated carbocycles. The molecule has 0 saturated heterocycles. The summed E-state index contributed by atoms with van der Waals surface area (Å²) < 4.78 is 3.79. The summed E-state index contributed by atoms with van der Waals surface area (Å²) in [4.78, 5) is 26.0. The van der Waals surface area contributed by atoms with Crippen LogP contribution in [0.3, 0.4) is 0 Å². The van der Waals surface area contributed by atoms with Crippen LogP contribution in [0.4, 0.5) is 5.69 Å². The Morgan fingerprint density at radius 2 is 2.00 bits per heavy atom. The van der Waals surface area contributed by atoms with Crippen LogP contribution in [-0.2, 0) is 11.2 Å². The minimum absolute atomic E-state index is 0.0191. The van der Waals surface area contributed by atoms with E-state index in [4.69, 9.17) is 0 Å². The van der Waals surface area contributed by atoms with E-state index in [1.54, 1.807) is 19.2 Å². The van der Waals surface area contributed by atoms with E-state index >= 15 is 0 Å². The SMILES string of the molecule is CCc1nnsc1C(=O)N(C)CC(=O)Nc1ccccc1. The lowest BCUT2D eigenvalue weighted by atomic mass is 10.2. The number of nitrogens with one attached hydrogen (secondary N) is 1. The molecule has 21 heavy (non-hydrogen) atoms. The van der Waals surface area contributed by atoms with E-state index in [1.165, 1.54) is 4.90 Å². The van der Waals surface area contributed by atoms with Gasteiger partial charge in [-0.3, -0.25) is 9.59 Å². The minimum Gasteiger partial charge on any atom is -0.332 e. The van der Waals surface area contributed by atoms with Crippen LogP contribution in [0.2, 0.25) is 0 Å². The van der Waals surface area contributed by atoms with E-state index in [2.05, 4.69) is 14.9 Å². The smallest absolute Gasteiger partial charge is 0.267 e. The van der Waals surface area contributed by atoms with Gasteiger partial charge < -0.3 is 10.2 Å². The lowest BCUT2D eigenvalue weighted by Gasteiger charge is -2.16. The predicted octanol–water partition coefficient (Wildman–Crippen LogP) is 1.81. The van der Waals surface area contributed by atoms with Gasteiger partial charge in [0.05, 0.1) is 12.2 Å². The molecule has 0 aliphatic rings. The highest BCUT2D eigenvalue weighted by Gasteiger charge is 2.20. The highest BCUT2D eigenvalue weighted by molar-refractivity contribution is 7.08. The molecule has 0 aliphatic carbocycles. The minimum atomic E-state index is -0.243. The molecule has 0 spiro atoms. The number of nitrogens with zero attached hydrogens (tertiary/aromatic N) is 3. The lowest BCUT2D eigenvalue weighted by Crippen LogP contribution is -2.35. The van der Waals surface area contributed by atoms with Crippen LogP contribution in [-0.4, -0.2) is 39.9 Å². The summed E-state index contributed by atoms with van der Waals surface area (Å²) in [7, 11) is 1.59. The van der Waals surface area contributed by atoms with E-state index in [0.29, 0.717) is 22.7 Å². The average molecular weight is 304 g/mol. The molecule has 1 aromatic heterocycles. The number of hydrogen-bond acceptors (Lipinski definition) is 5. The second kappa shape index (κ2) is 6.94. The van der Waals surface area contributed by atoms with Gasteiger partial charge in [-0.1, -0.05) is 29.6 Å². The maximum Gasteiger partial charge on any atom is 0.267 e. The molecule has 0 aliphatic heterocycles. The second-order valence-electron chi connectivity index (χ2n) is 4.48. The maximum atomic E-state index is 12.2. The quantitative estimate of drug-likeness (QED) is 0.914. The molecule has 2 rings (SSSR count). The number of carbonyl (C=O) groups excluding carboxylic acids is 2. The normalized spacial score (nSPS) is 10.2. The summed E-state index contributed by atoms with van der Waals surface area (Å²) in [6.07, 6.45) is 0.641. The molecule has 7 heteroatoms. The number of amides is 2. The zero-order chi connectivity index (χ0) is 15.2. The van der Waals surface area contributed by atoms with E-state index in [-0.39, 0.29) is 18.4 Å². The average Bonchev–Trinajstić information content (AvgIpc) is 2.95. The third kappa shape index (κ3) is 3.85. The van der Waals surface area contributed by atoms with Crippen LogP contribution in [0.25, 0.3) is 0 Å². The van der Waals surface area contributed by atoms with Crippen LogP contribution in [0.5, 0.6) is 0 Å². The van der Waals surface area contributed by atoms with E-state index < -0.39 is 0 Å². The van der Waals surface area contributed by atoms with Crippen LogP contribution < -0.4 is 5.32 Å². The number of likely N-dealkylation sites (N-methyl/N-ethyl adjacent to an activating group) is 1. The number of anilines is 1. The van der Waals surface area contributed by atoms with Gasteiger partial charge >= 0.3 is 0 Å². The van der Waals surface area contributed by atoms with Crippen LogP contribution in [0, 0.1) is 0 Å². The summed E-state index contributed by atoms with van der Waals surface area (Å²) >= 11 is 1.06. The first-order valence-electron chi connectivity index (χ1n) is 6.53. The molecule has 6 nitrogen and oxygen atoms in total. The van der Waals surface area contributed by atoms with Crippen molar-refractivity contribution < 1.29 is 9.59 Å². The third-order valence-electron chi connectivity index (χ3n) is 2.87. The van der Waals surface area contributed by atoms with Gasteiger partial charge in [0.15, 0.2) is 0 Å². The van der Waals surface area contributed by atoms with Crippen LogP contribution >= 0.6 is 11.5 Å². The largest absolute Gasteiger partial charge is 0.332 e. The predicted molar refractivity (Wildman–Crippen MR) is 81.3 cm³/mol. The Morgan fingerprint density at radius 1 is 1.29 bits per heavy atom. The van der Waals surface area contributed by atoms with Gasteiger partial charge in [0, 0.05) is 12.7 Å². The Hall–Kier alpha value is -2.28. The zero-order valence-corrected chi connectivity index (χ0v) is 12.7.